The quantitative estimate of drug-likeness (QED) is 0.624. The van der Waals surface area contributed by atoms with Gasteiger partial charge in [0.2, 0.25) is 0 Å². The van der Waals surface area contributed by atoms with Gasteiger partial charge in [0.1, 0.15) is 0 Å². The third-order valence-electron chi connectivity index (χ3n) is 1.91. The Bertz CT molecular complexity index is 86.7. The highest BCUT2D eigenvalue weighted by Gasteiger charge is 2.17. The minimum absolute atomic E-state index is 0. The Morgan fingerprint density at radius 2 is 1.45 bits per heavy atom. The molecule has 0 unspecified atom stereocenters. The zero-order valence-corrected chi connectivity index (χ0v) is 8.00. The van der Waals surface area contributed by atoms with Crippen LogP contribution < -0.4 is 11.6 Å². The van der Waals surface area contributed by atoms with Gasteiger partial charge in [0.15, 0.2) is 0 Å². The zero-order chi connectivity index (χ0) is 6.69. The van der Waals surface area contributed by atoms with Crippen LogP contribution in [0.4, 0.5) is 0 Å². The first-order valence-electron chi connectivity index (χ1n) is 3.44. The van der Waals surface area contributed by atoms with Crippen LogP contribution in [0.1, 0.15) is 25.7 Å². The van der Waals surface area contributed by atoms with Gasteiger partial charge in [-0.15, -0.1) is 24.8 Å². The molecule has 3 nitrogen and oxygen atoms in total. The molecular weight excluding hydrogens is 187 g/mol. The smallest absolute Gasteiger partial charge is 0.0788 e. The summed E-state index contributed by atoms with van der Waals surface area (Å²) in [7, 11) is 0. The van der Waals surface area contributed by atoms with Crippen molar-refractivity contribution in [2.75, 3.05) is 0 Å². The zero-order valence-electron chi connectivity index (χ0n) is 6.36. The summed E-state index contributed by atoms with van der Waals surface area (Å²) in [5.41, 5.74) is 5.66. The molecule has 1 aliphatic carbocycles. The van der Waals surface area contributed by atoms with E-state index in [4.69, 9.17) is 11.6 Å². The Labute approximate surface area is 79.6 Å². The van der Waals surface area contributed by atoms with E-state index in [0.717, 1.165) is 25.7 Å². The lowest BCUT2D eigenvalue weighted by atomic mass is 9.94. The monoisotopic (exact) mass is 202 g/mol. The molecule has 0 aromatic rings. The van der Waals surface area contributed by atoms with Crippen molar-refractivity contribution in [3.8, 4) is 0 Å². The van der Waals surface area contributed by atoms with E-state index >= 15 is 0 Å². The van der Waals surface area contributed by atoms with Crippen molar-refractivity contribution in [1.29, 1.82) is 0 Å². The molecule has 5 heteroatoms. The van der Waals surface area contributed by atoms with E-state index in [2.05, 4.69) is 4.84 Å². The first kappa shape index (κ1) is 14.0. The predicted molar refractivity (Wildman–Crippen MR) is 50.0 cm³/mol. The van der Waals surface area contributed by atoms with Crippen molar-refractivity contribution in [3.63, 3.8) is 0 Å². The number of rotatable bonds is 1. The van der Waals surface area contributed by atoms with Crippen LogP contribution in [0.25, 0.3) is 0 Å². The lowest BCUT2D eigenvalue weighted by Crippen LogP contribution is -2.31. The molecule has 1 aliphatic rings. The second-order valence-corrected chi connectivity index (χ2v) is 2.67. The number of nitrogens with two attached hydrogens (primary N) is 2. The lowest BCUT2D eigenvalue weighted by Gasteiger charge is -2.23. The van der Waals surface area contributed by atoms with Crippen LogP contribution >= 0.6 is 24.8 Å². The third kappa shape index (κ3) is 4.82. The molecule has 1 rings (SSSR count). The molecule has 0 aromatic carbocycles. The normalized spacial score (nSPS) is 30.0. The van der Waals surface area contributed by atoms with Crippen molar-refractivity contribution in [2.24, 2.45) is 11.6 Å². The maximum Gasteiger partial charge on any atom is 0.0788 e. The highest BCUT2D eigenvalue weighted by molar-refractivity contribution is 5.85. The summed E-state index contributed by atoms with van der Waals surface area (Å²) < 4.78 is 0. The summed E-state index contributed by atoms with van der Waals surface area (Å²) in [6.07, 6.45) is 4.43. The molecule has 11 heavy (non-hydrogen) atoms. The number of halogens is 2. The van der Waals surface area contributed by atoms with Crippen LogP contribution in [0.2, 0.25) is 0 Å². The standard InChI is InChI=1S/C6H14N2O.2ClH/c7-5-1-3-6(9-8)4-2-5;;/h5-6H,1-4,7-8H2;2*1H/t5-,6+;;. The molecule has 0 aromatic heterocycles. The minimum atomic E-state index is 0. The average Bonchev–Trinajstić information content (AvgIpc) is 1.90. The fourth-order valence-corrected chi connectivity index (χ4v) is 1.22. The first-order chi connectivity index (χ1) is 4.33. The van der Waals surface area contributed by atoms with Crippen molar-refractivity contribution in [2.45, 2.75) is 37.8 Å². The van der Waals surface area contributed by atoms with Crippen LogP contribution in [-0.2, 0) is 4.84 Å². The summed E-state index contributed by atoms with van der Waals surface area (Å²) in [4.78, 5) is 4.68. The van der Waals surface area contributed by atoms with Gasteiger partial charge in [-0.25, -0.2) is 5.90 Å². The van der Waals surface area contributed by atoms with E-state index in [1.165, 1.54) is 0 Å². The molecule has 0 saturated heterocycles. The highest BCUT2D eigenvalue weighted by atomic mass is 35.5. The van der Waals surface area contributed by atoms with Gasteiger partial charge in [0.25, 0.3) is 0 Å². The molecule has 1 saturated carbocycles. The number of hydrogen-bond donors (Lipinski definition) is 2. The molecule has 0 aliphatic heterocycles. The van der Waals surface area contributed by atoms with Crippen LogP contribution in [0.3, 0.4) is 0 Å². The average molecular weight is 203 g/mol. The van der Waals surface area contributed by atoms with Crippen LogP contribution in [0, 0.1) is 0 Å². The van der Waals surface area contributed by atoms with Gasteiger partial charge in [0, 0.05) is 6.04 Å². The molecule has 1 fully saturated rings. The lowest BCUT2D eigenvalue weighted by molar-refractivity contribution is 0.0246. The topological polar surface area (TPSA) is 61.3 Å². The fraction of sp³-hybridized carbons (Fsp3) is 1.00. The molecule has 0 bridgehead atoms. The molecule has 0 atom stereocenters. The minimum Gasteiger partial charge on any atom is -0.328 e. The van der Waals surface area contributed by atoms with E-state index in [0.29, 0.717) is 6.04 Å². The van der Waals surface area contributed by atoms with E-state index in [1.54, 1.807) is 0 Å². The van der Waals surface area contributed by atoms with E-state index < -0.39 is 0 Å². The Kier molecular flexibility index (Phi) is 9.08. The predicted octanol–water partition coefficient (Wildman–Crippen LogP) is 0.990. The Morgan fingerprint density at radius 3 is 1.82 bits per heavy atom. The van der Waals surface area contributed by atoms with E-state index in [-0.39, 0.29) is 30.9 Å². The summed E-state index contributed by atoms with van der Waals surface area (Å²) in [6, 6.07) is 0.386. The third-order valence-corrected chi connectivity index (χ3v) is 1.91. The van der Waals surface area contributed by atoms with Gasteiger partial charge in [0.05, 0.1) is 6.10 Å². The molecule has 4 N–H and O–H groups in total. The SMILES string of the molecule is Cl.Cl.NO[C@H]1CC[C@@H](N)CC1. The highest BCUT2D eigenvalue weighted by Crippen LogP contribution is 2.17. The molecule has 0 spiro atoms. The summed E-state index contributed by atoms with van der Waals surface area (Å²) in [5, 5.41) is 0. The molecule has 0 amide bonds. The molecule has 70 valence electrons. The largest absolute Gasteiger partial charge is 0.328 e. The number of hydrogen-bond acceptors (Lipinski definition) is 3. The van der Waals surface area contributed by atoms with Crippen molar-refractivity contribution in [3.05, 3.63) is 0 Å². The van der Waals surface area contributed by atoms with Crippen LogP contribution in [0.5, 0.6) is 0 Å². The first-order valence-corrected chi connectivity index (χ1v) is 3.44. The molecule has 0 heterocycles. The van der Waals surface area contributed by atoms with Gasteiger partial charge >= 0.3 is 0 Å². The maximum atomic E-state index is 5.66. The van der Waals surface area contributed by atoms with Gasteiger partial charge in [-0.3, -0.25) is 0 Å². The van der Waals surface area contributed by atoms with Crippen LogP contribution in [0.15, 0.2) is 0 Å². The molecular formula is C6H16Cl2N2O. The van der Waals surface area contributed by atoms with E-state index in [1.807, 2.05) is 0 Å². The Balaban J connectivity index is 0. The fourth-order valence-electron chi connectivity index (χ4n) is 1.22. The van der Waals surface area contributed by atoms with Gasteiger partial charge in [-0.1, -0.05) is 0 Å². The summed E-state index contributed by atoms with van der Waals surface area (Å²) in [6.45, 7) is 0. The van der Waals surface area contributed by atoms with Gasteiger partial charge in [-0.2, -0.15) is 0 Å². The van der Waals surface area contributed by atoms with Crippen LogP contribution in [-0.4, -0.2) is 12.1 Å². The van der Waals surface area contributed by atoms with Gasteiger partial charge in [-0.05, 0) is 25.7 Å². The van der Waals surface area contributed by atoms with Crippen molar-refractivity contribution < 1.29 is 4.84 Å². The summed E-state index contributed by atoms with van der Waals surface area (Å²) >= 11 is 0. The maximum absolute atomic E-state index is 5.66. The summed E-state index contributed by atoms with van der Waals surface area (Å²) in [5.74, 6) is 5.01. The Morgan fingerprint density at radius 1 is 1.00 bits per heavy atom. The van der Waals surface area contributed by atoms with E-state index in [9.17, 15) is 0 Å². The van der Waals surface area contributed by atoms with Crippen molar-refractivity contribution in [1.82, 2.24) is 0 Å². The van der Waals surface area contributed by atoms with Gasteiger partial charge < -0.3 is 10.6 Å². The molecule has 0 radical (unpaired) electrons. The second kappa shape index (κ2) is 7.13. The Hall–Kier alpha value is 0.460. The van der Waals surface area contributed by atoms with Crippen molar-refractivity contribution >= 4 is 24.8 Å². The second-order valence-electron chi connectivity index (χ2n) is 2.67.